The lowest BCUT2D eigenvalue weighted by molar-refractivity contribution is 0.0977. The van der Waals surface area contributed by atoms with E-state index in [1.807, 2.05) is 0 Å². The molecule has 9 nitrogen and oxygen atoms in total. The molecule has 0 bridgehead atoms. The van der Waals surface area contributed by atoms with E-state index >= 15 is 0 Å². The van der Waals surface area contributed by atoms with E-state index in [1.54, 1.807) is 37.4 Å². The first-order valence-electron chi connectivity index (χ1n) is 10.5. The average molecular weight is 573 g/mol. The molecule has 1 aliphatic heterocycles. The summed E-state index contributed by atoms with van der Waals surface area (Å²) in [7, 11) is -2.06. The molecule has 184 valence electrons. The Morgan fingerprint density at radius 1 is 1.21 bits per heavy atom. The van der Waals surface area contributed by atoms with E-state index in [0.717, 1.165) is 12.8 Å². The molecule has 0 radical (unpaired) electrons. The van der Waals surface area contributed by atoms with Crippen LogP contribution >= 0.6 is 28.1 Å². The summed E-state index contributed by atoms with van der Waals surface area (Å²) < 4.78 is 44.1. The lowest BCUT2D eigenvalue weighted by atomic mass is 10.2. The van der Waals surface area contributed by atoms with Gasteiger partial charge >= 0.3 is 0 Å². The largest absolute Gasteiger partial charge is 0.490 e. The molecule has 2 aromatic carbocycles. The van der Waals surface area contributed by atoms with E-state index in [-0.39, 0.29) is 22.7 Å². The van der Waals surface area contributed by atoms with Crippen LogP contribution in [-0.4, -0.2) is 59.0 Å². The molecular weight excluding hydrogens is 546 g/mol. The van der Waals surface area contributed by atoms with Crippen LogP contribution in [0.2, 0.25) is 0 Å². The second-order valence-corrected chi connectivity index (χ2v) is 10.4. The number of benzene rings is 2. The van der Waals surface area contributed by atoms with E-state index in [9.17, 15) is 13.2 Å². The summed E-state index contributed by atoms with van der Waals surface area (Å²) in [5.41, 5.74) is 0.917. The summed E-state index contributed by atoms with van der Waals surface area (Å²) in [5.74, 6) is 0.189. The minimum absolute atomic E-state index is 0.0775. The highest BCUT2D eigenvalue weighted by Crippen LogP contribution is 2.26. The van der Waals surface area contributed by atoms with Crippen LogP contribution in [-0.2, 0) is 19.5 Å². The zero-order valence-electron chi connectivity index (χ0n) is 18.5. The number of anilines is 1. The lowest BCUT2D eigenvalue weighted by Crippen LogP contribution is -2.34. The summed E-state index contributed by atoms with van der Waals surface area (Å²) in [6, 6.07) is 11.0. The van der Waals surface area contributed by atoms with Gasteiger partial charge in [0.1, 0.15) is 12.4 Å². The van der Waals surface area contributed by atoms with Gasteiger partial charge in [-0.25, -0.2) is 13.1 Å². The predicted octanol–water partition coefficient (Wildman–Crippen LogP) is 3.06. The molecule has 2 aromatic rings. The Hall–Kier alpha value is -2.09. The molecule has 1 aliphatic rings. The van der Waals surface area contributed by atoms with Crippen molar-refractivity contribution in [3.8, 4) is 5.75 Å². The van der Waals surface area contributed by atoms with Crippen molar-refractivity contribution in [2.45, 2.75) is 23.8 Å². The van der Waals surface area contributed by atoms with Gasteiger partial charge in [-0.15, -0.1) is 0 Å². The number of rotatable bonds is 10. The molecule has 1 unspecified atom stereocenters. The average Bonchev–Trinajstić information content (AvgIpc) is 3.33. The third-order valence-corrected chi connectivity index (χ3v) is 7.18. The Kier molecular flexibility index (Phi) is 9.80. The lowest BCUT2D eigenvalue weighted by Gasteiger charge is -2.13. The molecule has 3 rings (SSSR count). The molecule has 34 heavy (non-hydrogen) atoms. The highest BCUT2D eigenvalue weighted by Gasteiger charge is 2.20. The van der Waals surface area contributed by atoms with Crippen molar-refractivity contribution in [1.29, 1.82) is 0 Å². The highest BCUT2D eigenvalue weighted by atomic mass is 79.9. The second-order valence-electron chi connectivity index (χ2n) is 7.41. The number of carbonyl (C=O) groups is 1. The molecule has 1 amide bonds. The third-order valence-electron chi connectivity index (χ3n) is 4.91. The molecule has 1 heterocycles. The zero-order valence-corrected chi connectivity index (χ0v) is 21.7. The maximum Gasteiger partial charge on any atom is 0.257 e. The van der Waals surface area contributed by atoms with Crippen LogP contribution in [0.15, 0.2) is 51.8 Å². The summed E-state index contributed by atoms with van der Waals surface area (Å²) in [5, 5.41) is 5.55. The van der Waals surface area contributed by atoms with Gasteiger partial charge in [0.15, 0.2) is 5.11 Å². The molecule has 0 aromatic heterocycles. The van der Waals surface area contributed by atoms with Gasteiger partial charge in [0.05, 0.1) is 22.1 Å². The molecule has 1 fully saturated rings. The van der Waals surface area contributed by atoms with Crippen LogP contribution in [0.3, 0.4) is 0 Å². The molecule has 0 aliphatic carbocycles. The number of nitrogens with one attached hydrogen (secondary N) is 3. The van der Waals surface area contributed by atoms with Gasteiger partial charge in [0.25, 0.3) is 5.91 Å². The van der Waals surface area contributed by atoms with Crippen molar-refractivity contribution in [3.63, 3.8) is 0 Å². The summed E-state index contributed by atoms with van der Waals surface area (Å²) in [6.45, 7) is 1.75. The number of amides is 1. The summed E-state index contributed by atoms with van der Waals surface area (Å²) >= 11 is 8.60. The van der Waals surface area contributed by atoms with Crippen LogP contribution in [0.5, 0.6) is 5.75 Å². The minimum atomic E-state index is -3.65. The van der Waals surface area contributed by atoms with Gasteiger partial charge in [-0.2, -0.15) is 0 Å². The molecule has 0 saturated carbocycles. The fourth-order valence-corrected chi connectivity index (χ4v) is 4.91. The zero-order chi connectivity index (χ0) is 24.6. The van der Waals surface area contributed by atoms with Gasteiger partial charge < -0.3 is 19.5 Å². The van der Waals surface area contributed by atoms with Gasteiger partial charge in [-0.05, 0) is 83.5 Å². The number of hydrogen-bond donors (Lipinski definition) is 3. The molecule has 1 atom stereocenters. The highest BCUT2D eigenvalue weighted by molar-refractivity contribution is 9.10. The monoisotopic (exact) mass is 571 g/mol. The molecule has 12 heteroatoms. The second kappa shape index (κ2) is 12.6. The predicted molar refractivity (Wildman–Crippen MR) is 136 cm³/mol. The van der Waals surface area contributed by atoms with Crippen molar-refractivity contribution >= 4 is 54.9 Å². The van der Waals surface area contributed by atoms with Crippen molar-refractivity contribution in [2.75, 3.05) is 38.8 Å². The summed E-state index contributed by atoms with van der Waals surface area (Å²) in [6.07, 6.45) is 1.70. The Balaban J connectivity index is 1.52. The number of methoxy groups -OCH3 is 1. The number of hydrogen-bond acceptors (Lipinski definition) is 7. The van der Waals surface area contributed by atoms with Gasteiger partial charge in [-0.3, -0.25) is 10.1 Å². The van der Waals surface area contributed by atoms with E-state index in [2.05, 4.69) is 31.3 Å². The Morgan fingerprint density at radius 3 is 2.62 bits per heavy atom. The fourth-order valence-electron chi connectivity index (χ4n) is 3.14. The van der Waals surface area contributed by atoms with Gasteiger partial charge in [0.2, 0.25) is 10.0 Å². The van der Waals surface area contributed by atoms with Crippen LogP contribution in [0.4, 0.5) is 5.69 Å². The third kappa shape index (κ3) is 7.72. The fraction of sp³-hybridized carbons (Fsp3) is 0.364. The number of carbonyl (C=O) groups excluding carboxylic acids is 1. The van der Waals surface area contributed by atoms with Gasteiger partial charge in [-0.1, -0.05) is 0 Å². The number of sulfonamides is 1. The first kappa shape index (κ1) is 26.5. The van der Waals surface area contributed by atoms with E-state index < -0.39 is 15.9 Å². The summed E-state index contributed by atoms with van der Waals surface area (Å²) in [4.78, 5) is 12.6. The van der Waals surface area contributed by atoms with E-state index in [0.29, 0.717) is 41.3 Å². The van der Waals surface area contributed by atoms with Crippen molar-refractivity contribution < 1.29 is 27.4 Å². The molecule has 1 saturated heterocycles. The van der Waals surface area contributed by atoms with Gasteiger partial charge in [0, 0.05) is 31.5 Å². The standard InChI is InChI=1S/C22H26BrN3O6S2/c1-30-11-12-32-20-9-4-15(13-19(20)23)21(27)26-22(33)25-16-5-7-18(8-6-16)34(28,29)24-14-17-3-2-10-31-17/h4-9,13,17,24H,2-3,10-12,14H2,1H3,(H2,25,26,27,33). The number of halogens is 1. The minimum Gasteiger partial charge on any atom is -0.490 e. The Bertz CT molecular complexity index is 1110. The van der Waals surface area contributed by atoms with Crippen LogP contribution < -0.4 is 20.1 Å². The van der Waals surface area contributed by atoms with Crippen LogP contribution in [0.25, 0.3) is 0 Å². The molecular formula is C22H26BrN3O6S2. The number of ether oxygens (including phenoxy) is 3. The van der Waals surface area contributed by atoms with E-state index in [4.69, 9.17) is 26.4 Å². The SMILES string of the molecule is COCCOc1ccc(C(=O)NC(=S)Nc2ccc(S(=O)(=O)NCC3CCCO3)cc2)cc1Br. The quantitative estimate of drug-likeness (QED) is 0.294. The maximum absolute atomic E-state index is 12.5. The topological polar surface area (TPSA) is 115 Å². The van der Waals surface area contributed by atoms with Crippen molar-refractivity contribution in [2.24, 2.45) is 0 Å². The van der Waals surface area contributed by atoms with E-state index in [1.165, 1.54) is 12.1 Å². The number of thiocarbonyl (C=S) groups is 1. The van der Waals surface area contributed by atoms with Crippen LogP contribution in [0.1, 0.15) is 23.2 Å². The molecule has 3 N–H and O–H groups in total. The molecule has 0 spiro atoms. The van der Waals surface area contributed by atoms with Crippen LogP contribution in [0, 0.1) is 0 Å². The van der Waals surface area contributed by atoms with Crippen molar-refractivity contribution in [3.05, 3.63) is 52.5 Å². The smallest absolute Gasteiger partial charge is 0.257 e. The normalized spacial score (nSPS) is 15.6. The Labute approximate surface area is 212 Å². The first-order chi connectivity index (χ1) is 16.3. The maximum atomic E-state index is 12.5. The first-order valence-corrected chi connectivity index (χ1v) is 13.2. The Morgan fingerprint density at radius 2 is 1.97 bits per heavy atom. The van der Waals surface area contributed by atoms with Crippen molar-refractivity contribution in [1.82, 2.24) is 10.0 Å².